The number of furan rings is 1. The third-order valence-corrected chi connectivity index (χ3v) is 4.49. The molecule has 5 heteroatoms. The lowest BCUT2D eigenvalue weighted by molar-refractivity contribution is 0.105. The molecule has 0 bridgehead atoms. The summed E-state index contributed by atoms with van der Waals surface area (Å²) in [5.41, 5.74) is 1.45. The lowest BCUT2D eigenvalue weighted by Crippen LogP contribution is -2.39. The van der Waals surface area contributed by atoms with Gasteiger partial charge in [-0.2, -0.15) is 0 Å². The highest BCUT2D eigenvalue weighted by Gasteiger charge is 2.37. The molecule has 0 amide bonds. The molecule has 0 saturated heterocycles. The molecule has 0 aliphatic heterocycles. The van der Waals surface area contributed by atoms with Gasteiger partial charge in [-0.1, -0.05) is 30.3 Å². The maximum absolute atomic E-state index is 5.57. The second kappa shape index (κ2) is 9.28. The summed E-state index contributed by atoms with van der Waals surface area (Å²) >= 11 is 0. The fraction of sp³-hybridized carbons (Fsp3) is 0.450. The van der Waals surface area contributed by atoms with E-state index in [1.54, 1.807) is 6.26 Å². The molecule has 2 N–H and O–H groups in total. The average molecular weight is 341 g/mol. The molecule has 2 unspecified atom stereocenters. The van der Waals surface area contributed by atoms with Crippen molar-refractivity contribution in [2.75, 3.05) is 26.7 Å². The summed E-state index contributed by atoms with van der Waals surface area (Å²) in [6.45, 7) is 3.03. The molecule has 1 saturated carbocycles. The molecule has 1 fully saturated rings. The van der Waals surface area contributed by atoms with E-state index in [-0.39, 0.29) is 0 Å². The molecular formula is C20H27N3O2. The number of ether oxygens (including phenoxy) is 1. The Kier molecular flexibility index (Phi) is 6.51. The van der Waals surface area contributed by atoms with Gasteiger partial charge in [-0.25, -0.2) is 0 Å². The molecule has 1 aliphatic carbocycles. The van der Waals surface area contributed by atoms with Gasteiger partial charge in [0.1, 0.15) is 12.4 Å². The molecule has 1 aromatic carbocycles. The largest absolute Gasteiger partial charge is 0.467 e. The van der Waals surface area contributed by atoms with Crippen LogP contribution in [0.3, 0.4) is 0 Å². The Labute approximate surface area is 149 Å². The van der Waals surface area contributed by atoms with E-state index < -0.39 is 0 Å². The van der Waals surface area contributed by atoms with Gasteiger partial charge in [-0.15, -0.1) is 0 Å². The minimum absolute atomic E-state index is 0.530. The number of aliphatic imine (C=N–C) groups is 1. The van der Waals surface area contributed by atoms with E-state index in [4.69, 9.17) is 9.15 Å². The molecule has 5 nitrogen and oxygen atoms in total. The summed E-state index contributed by atoms with van der Waals surface area (Å²) in [5, 5.41) is 6.76. The summed E-state index contributed by atoms with van der Waals surface area (Å²) < 4.78 is 10.8. The number of hydrogen-bond donors (Lipinski definition) is 2. The van der Waals surface area contributed by atoms with E-state index in [1.807, 2.05) is 19.2 Å². The molecule has 3 rings (SSSR count). The van der Waals surface area contributed by atoms with Crippen molar-refractivity contribution in [2.45, 2.75) is 25.4 Å². The second-order valence-electron chi connectivity index (χ2n) is 6.38. The summed E-state index contributed by atoms with van der Waals surface area (Å²) in [4.78, 5) is 4.28. The maximum Gasteiger partial charge on any atom is 0.190 e. The fourth-order valence-electron chi connectivity index (χ4n) is 2.98. The molecule has 1 heterocycles. The van der Waals surface area contributed by atoms with Gasteiger partial charge in [0.05, 0.1) is 6.26 Å². The smallest absolute Gasteiger partial charge is 0.190 e. The Hall–Kier alpha value is -2.27. The molecule has 2 aromatic rings. The van der Waals surface area contributed by atoms with E-state index in [2.05, 4.69) is 46.0 Å². The van der Waals surface area contributed by atoms with Crippen LogP contribution in [-0.2, 0) is 11.3 Å². The Morgan fingerprint density at radius 3 is 2.84 bits per heavy atom. The van der Waals surface area contributed by atoms with Crippen molar-refractivity contribution in [2.24, 2.45) is 10.9 Å². The molecule has 0 radical (unpaired) electrons. The third kappa shape index (κ3) is 5.64. The van der Waals surface area contributed by atoms with Crippen LogP contribution in [0.15, 0.2) is 58.1 Å². The Morgan fingerprint density at radius 1 is 1.20 bits per heavy atom. The monoisotopic (exact) mass is 341 g/mol. The van der Waals surface area contributed by atoms with Crippen molar-refractivity contribution in [3.63, 3.8) is 0 Å². The van der Waals surface area contributed by atoms with Crippen LogP contribution in [0.25, 0.3) is 0 Å². The van der Waals surface area contributed by atoms with Gasteiger partial charge in [0.2, 0.25) is 0 Å². The predicted molar refractivity (Wildman–Crippen MR) is 99.6 cm³/mol. The van der Waals surface area contributed by atoms with Gasteiger partial charge in [0, 0.05) is 26.7 Å². The minimum Gasteiger partial charge on any atom is -0.467 e. The summed E-state index contributed by atoms with van der Waals surface area (Å²) in [6.07, 6.45) is 3.85. The van der Waals surface area contributed by atoms with Crippen molar-refractivity contribution >= 4 is 5.96 Å². The third-order valence-electron chi connectivity index (χ3n) is 4.49. The van der Waals surface area contributed by atoms with Gasteiger partial charge in [-0.05, 0) is 42.4 Å². The SMILES string of the molecule is CN=C(NCCCOCc1ccco1)NCC1CC1c1ccccc1. The molecular weight excluding hydrogens is 314 g/mol. The zero-order valence-electron chi connectivity index (χ0n) is 14.8. The molecule has 25 heavy (non-hydrogen) atoms. The van der Waals surface area contributed by atoms with Crippen molar-refractivity contribution in [1.82, 2.24) is 10.6 Å². The number of nitrogens with one attached hydrogen (secondary N) is 2. The van der Waals surface area contributed by atoms with Gasteiger partial charge < -0.3 is 19.8 Å². The molecule has 0 spiro atoms. The number of rotatable bonds is 9. The normalized spacial score (nSPS) is 19.6. The van der Waals surface area contributed by atoms with E-state index in [9.17, 15) is 0 Å². The number of guanidine groups is 1. The van der Waals surface area contributed by atoms with E-state index in [0.29, 0.717) is 25.0 Å². The highest BCUT2D eigenvalue weighted by atomic mass is 16.5. The van der Waals surface area contributed by atoms with E-state index in [0.717, 1.165) is 31.2 Å². The van der Waals surface area contributed by atoms with Crippen LogP contribution in [0, 0.1) is 5.92 Å². The fourth-order valence-corrected chi connectivity index (χ4v) is 2.98. The zero-order valence-corrected chi connectivity index (χ0v) is 14.8. The van der Waals surface area contributed by atoms with Crippen LogP contribution in [0.1, 0.15) is 30.1 Å². The Balaban J connectivity index is 1.25. The number of benzene rings is 1. The number of nitrogens with zero attached hydrogens (tertiary/aromatic N) is 1. The van der Waals surface area contributed by atoms with Crippen LogP contribution in [0.2, 0.25) is 0 Å². The molecule has 1 aliphatic rings. The van der Waals surface area contributed by atoms with Gasteiger partial charge in [-0.3, -0.25) is 4.99 Å². The van der Waals surface area contributed by atoms with Gasteiger partial charge >= 0.3 is 0 Å². The quantitative estimate of drug-likeness (QED) is 0.418. The van der Waals surface area contributed by atoms with Crippen molar-refractivity contribution in [1.29, 1.82) is 0 Å². The Morgan fingerprint density at radius 2 is 2.08 bits per heavy atom. The van der Waals surface area contributed by atoms with Crippen LogP contribution >= 0.6 is 0 Å². The minimum atomic E-state index is 0.530. The lowest BCUT2D eigenvalue weighted by Gasteiger charge is -2.12. The molecule has 134 valence electrons. The second-order valence-corrected chi connectivity index (χ2v) is 6.38. The number of hydrogen-bond acceptors (Lipinski definition) is 3. The lowest BCUT2D eigenvalue weighted by atomic mass is 10.1. The van der Waals surface area contributed by atoms with E-state index in [1.165, 1.54) is 12.0 Å². The highest BCUT2D eigenvalue weighted by Crippen LogP contribution is 2.46. The predicted octanol–water partition coefficient (Wildman–Crippen LogP) is 3.16. The first kappa shape index (κ1) is 17.5. The van der Waals surface area contributed by atoms with Crippen LogP contribution in [-0.4, -0.2) is 32.7 Å². The van der Waals surface area contributed by atoms with Gasteiger partial charge in [0.15, 0.2) is 5.96 Å². The van der Waals surface area contributed by atoms with Crippen LogP contribution in [0.5, 0.6) is 0 Å². The highest BCUT2D eigenvalue weighted by molar-refractivity contribution is 5.79. The summed E-state index contributed by atoms with van der Waals surface area (Å²) in [6, 6.07) is 14.5. The van der Waals surface area contributed by atoms with Gasteiger partial charge in [0.25, 0.3) is 0 Å². The van der Waals surface area contributed by atoms with Crippen LogP contribution < -0.4 is 10.6 Å². The zero-order chi connectivity index (χ0) is 17.3. The first-order valence-corrected chi connectivity index (χ1v) is 8.96. The summed E-state index contributed by atoms with van der Waals surface area (Å²) in [5.74, 6) is 3.13. The molecule has 1 aromatic heterocycles. The standard InChI is InChI=1S/C20H27N3O2/c1-21-20(22-10-6-11-24-15-18-9-5-12-25-18)23-14-17-13-19(17)16-7-3-2-4-8-16/h2-5,7-9,12,17,19H,6,10-11,13-15H2,1H3,(H2,21,22,23). The average Bonchev–Trinajstić information content (AvgIpc) is 3.25. The van der Waals surface area contributed by atoms with Crippen molar-refractivity contribution in [3.05, 3.63) is 60.1 Å². The van der Waals surface area contributed by atoms with Crippen LogP contribution in [0.4, 0.5) is 0 Å². The molecule has 2 atom stereocenters. The topological polar surface area (TPSA) is 58.8 Å². The van der Waals surface area contributed by atoms with Crippen molar-refractivity contribution in [3.8, 4) is 0 Å². The van der Waals surface area contributed by atoms with Crippen molar-refractivity contribution < 1.29 is 9.15 Å². The maximum atomic E-state index is 5.57. The first-order chi connectivity index (χ1) is 12.4. The van der Waals surface area contributed by atoms with E-state index >= 15 is 0 Å². The first-order valence-electron chi connectivity index (χ1n) is 8.96. The summed E-state index contributed by atoms with van der Waals surface area (Å²) in [7, 11) is 1.81. The Bertz CT molecular complexity index is 640.